The molecule has 0 amide bonds. The average Bonchev–Trinajstić information content (AvgIpc) is 2.93. The highest BCUT2D eigenvalue weighted by atomic mass is 19.3. The maximum atomic E-state index is 14.3. The third kappa shape index (κ3) is 4.55. The number of aliphatic hydroxyl groups is 1. The number of benzene rings is 2. The number of halogens is 2. The summed E-state index contributed by atoms with van der Waals surface area (Å²) in [5.41, 5.74) is 1.86. The summed E-state index contributed by atoms with van der Waals surface area (Å²) in [6.45, 7) is 0.534. The lowest BCUT2D eigenvalue weighted by Gasteiger charge is -2.29. The zero-order chi connectivity index (χ0) is 18.4. The Kier molecular flexibility index (Phi) is 6.14. The van der Waals surface area contributed by atoms with Crippen molar-refractivity contribution in [2.24, 2.45) is 5.92 Å². The second kappa shape index (κ2) is 8.54. The quantitative estimate of drug-likeness (QED) is 0.724. The van der Waals surface area contributed by atoms with E-state index in [1.165, 1.54) is 6.08 Å². The summed E-state index contributed by atoms with van der Waals surface area (Å²) in [6.07, 6.45) is -0.195. The van der Waals surface area contributed by atoms with Crippen molar-refractivity contribution < 1.29 is 23.4 Å². The molecule has 3 rings (SSSR count). The largest absolute Gasteiger partial charge is 0.383 e. The molecule has 3 nitrogen and oxygen atoms in total. The van der Waals surface area contributed by atoms with Crippen LogP contribution >= 0.6 is 0 Å². The molecule has 0 aliphatic heterocycles. The summed E-state index contributed by atoms with van der Waals surface area (Å²) < 4.78 is 40.0. The average molecular weight is 360 g/mol. The van der Waals surface area contributed by atoms with Gasteiger partial charge < -0.3 is 14.6 Å². The molecule has 1 aliphatic rings. The lowest BCUT2D eigenvalue weighted by molar-refractivity contribution is -0.157. The van der Waals surface area contributed by atoms with Crippen LogP contribution < -0.4 is 0 Å². The maximum Gasteiger partial charge on any atom is 0.285 e. The van der Waals surface area contributed by atoms with Gasteiger partial charge in [0.15, 0.2) is 0 Å². The molecule has 0 bridgehead atoms. The van der Waals surface area contributed by atoms with Crippen LogP contribution in [0.25, 0.3) is 0 Å². The van der Waals surface area contributed by atoms with Crippen LogP contribution in [-0.2, 0) is 22.7 Å². The highest BCUT2D eigenvalue weighted by Crippen LogP contribution is 2.39. The number of ether oxygens (including phenoxy) is 2. The Morgan fingerprint density at radius 3 is 2.00 bits per heavy atom. The van der Waals surface area contributed by atoms with E-state index >= 15 is 0 Å². The van der Waals surface area contributed by atoms with E-state index in [1.807, 2.05) is 60.7 Å². The summed E-state index contributed by atoms with van der Waals surface area (Å²) in [5, 5.41) is 9.53. The molecule has 138 valence electrons. The van der Waals surface area contributed by atoms with Crippen molar-refractivity contribution in [3.8, 4) is 0 Å². The Hall–Kier alpha value is -2.08. The standard InChI is InChI=1S/C21H22F2O3/c22-21(23)18(11-12-20(21)24)19(26-14-17-9-5-2-6-10-17)15-25-13-16-7-3-1-4-8-16/h1-12,18-20,24H,13-15H2/t18-,19+,20?/m0/s1. The van der Waals surface area contributed by atoms with Crippen LogP contribution in [0, 0.1) is 5.92 Å². The molecule has 0 aromatic heterocycles. The van der Waals surface area contributed by atoms with Crippen molar-refractivity contribution in [1.29, 1.82) is 0 Å². The molecular weight excluding hydrogens is 338 g/mol. The Labute approximate surface area is 151 Å². The first-order valence-electron chi connectivity index (χ1n) is 8.59. The van der Waals surface area contributed by atoms with E-state index < -0.39 is 24.0 Å². The molecule has 2 aromatic carbocycles. The Balaban J connectivity index is 1.64. The van der Waals surface area contributed by atoms with Gasteiger partial charge in [-0.15, -0.1) is 0 Å². The highest BCUT2D eigenvalue weighted by Gasteiger charge is 2.51. The van der Waals surface area contributed by atoms with Crippen molar-refractivity contribution in [3.05, 3.63) is 83.9 Å². The van der Waals surface area contributed by atoms with E-state index in [0.29, 0.717) is 6.61 Å². The molecule has 3 atom stereocenters. The normalized spacial score (nSPS) is 22.4. The first-order valence-corrected chi connectivity index (χ1v) is 8.59. The zero-order valence-corrected chi connectivity index (χ0v) is 14.3. The van der Waals surface area contributed by atoms with Gasteiger partial charge in [0, 0.05) is 0 Å². The van der Waals surface area contributed by atoms with Crippen molar-refractivity contribution in [3.63, 3.8) is 0 Å². The summed E-state index contributed by atoms with van der Waals surface area (Å²) in [4.78, 5) is 0. The van der Waals surface area contributed by atoms with Crippen LogP contribution in [-0.4, -0.2) is 29.8 Å². The van der Waals surface area contributed by atoms with Crippen LogP contribution in [0.3, 0.4) is 0 Å². The van der Waals surface area contributed by atoms with E-state index in [0.717, 1.165) is 17.2 Å². The van der Waals surface area contributed by atoms with Crippen molar-refractivity contribution in [2.45, 2.75) is 31.3 Å². The van der Waals surface area contributed by atoms with Gasteiger partial charge >= 0.3 is 0 Å². The fourth-order valence-electron chi connectivity index (χ4n) is 2.95. The van der Waals surface area contributed by atoms with Crippen LogP contribution in [0.4, 0.5) is 8.78 Å². The Bertz CT molecular complexity index is 704. The minimum absolute atomic E-state index is 0.0129. The lowest BCUT2D eigenvalue weighted by atomic mass is 9.97. The SMILES string of the molecule is OC1C=C[C@@H]([C@@H](COCc2ccccc2)OCc2ccccc2)C1(F)F. The molecule has 5 heteroatoms. The number of alkyl halides is 2. The van der Waals surface area contributed by atoms with Crippen LogP contribution in [0.15, 0.2) is 72.8 Å². The first kappa shape index (κ1) is 18.7. The van der Waals surface area contributed by atoms with Gasteiger partial charge in [0.2, 0.25) is 0 Å². The van der Waals surface area contributed by atoms with Gasteiger partial charge in [0.1, 0.15) is 6.10 Å². The smallest absolute Gasteiger partial charge is 0.285 e. The maximum absolute atomic E-state index is 14.3. The number of hydrogen-bond acceptors (Lipinski definition) is 3. The van der Waals surface area contributed by atoms with Crippen LogP contribution in [0.1, 0.15) is 11.1 Å². The fourth-order valence-corrected chi connectivity index (χ4v) is 2.95. The molecule has 2 aromatic rings. The number of hydrogen-bond donors (Lipinski definition) is 1. The Morgan fingerprint density at radius 1 is 0.885 bits per heavy atom. The highest BCUT2D eigenvalue weighted by molar-refractivity contribution is 5.16. The summed E-state index contributed by atoms with van der Waals surface area (Å²) in [6, 6.07) is 18.9. The van der Waals surface area contributed by atoms with Crippen molar-refractivity contribution in [2.75, 3.05) is 6.61 Å². The van der Waals surface area contributed by atoms with Gasteiger partial charge in [0.05, 0.1) is 31.8 Å². The molecule has 1 unspecified atom stereocenters. The molecule has 26 heavy (non-hydrogen) atoms. The Morgan fingerprint density at radius 2 is 1.46 bits per heavy atom. The van der Waals surface area contributed by atoms with Crippen LogP contribution in [0.5, 0.6) is 0 Å². The molecule has 0 heterocycles. The van der Waals surface area contributed by atoms with Gasteiger partial charge in [-0.05, 0) is 11.1 Å². The molecule has 0 radical (unpaired) electrons. The summed E-state index contributed by atoms with van der Waals surface area (Å²) in [5.74, 6) is -4.49. The second-order valence-corrected chi connectivity index (χ2v) is 6.37. The molecule has 0 spiro atoms. The second-order valence-electron chi connectivity index (χ2n) is 6.37. The molecule has 1 aliphatic carbocycles. The summed E-state index contributed by atoms with van der Waals surface area (Å²) >= 11 is 0. The topological polar surface area (TPSA) is 38.7 Å². The van der Waals surface area contributed by atoms with Crippen LogP contribution in [0.2, 0.25) is 0 Å². The molecule has 0 fully saturated rings. The van der Waals surface area contributed by atoms with E-state index in [1.54, 1.807) is 0 Å². The third-order valence-corrected chi connectivity index (χ3v) is 4.44. The van der Waals surface area contributed by atoms with Gasteiger partial charge in [-0.3, -0.25) is 0 Å². The zero-order valence-electron chi connectivity index (χ0n) is 14.3. The monoisotopic (exact) mass is 360 g/mol. The molecule has 0 saturated carbocycles. The molecular formula is C21H22F2O3. The fraction of sp³-hybridized carbons (Fsp3) is 0.333. The van der Waals surface area contributed by atoms with E-state index in [4.69, 9.17) is 9.47 Å². The van der Waals surface area contributed by atoms with Gasteiger partial charge in [-0.2, -0.15) is 0 Å². The number of rotatable bonds is 8. The van der Waals surface area contributed by atoms with E-state index in [9.17, 15) is 13.9 Å². The molecule has 0 saturated heterocycles. The van der Waals surface area contributed by atoms with Crippen molar-refractivity contribution >= 4 is 0 Å². The summed E-state index contributed by atoms with van der Waals surface area (Å²) in [7, 11) is 0. The minimum Gasteiger partial charge on any atom is -0.383 e. The van der Waals surface area contributed by atoms with Gasteiger partial charge in [-0.1, -0.05) is 72.8 Å². The minimum atomic E-state index is -3.27. The van der Waals surface area contributed by atoms with E-state index in [-0.39, 0.29) is 13.2 Å². The molecule has 1 N–H and O–H groups in total. The lowest BCUT2D eigenvalue weighted by Crippen LogP contribution is -2.43. The predicted octanol–water partition coefficient (Wildman–Crippen LogP) is 3.97. The number of aliphatic hydroxyl groups excluding tert-OH is 1. The van der Waals surface area contributed by atoms with E-state index in [2.05, 4.69) is 0 Å². The third-order valence-electron chi connectivity index (χ3n) is 4.44. The van der Waals surface area contributed by atoms with Gasteiger partial charge in [0.25, 0.3) is 5.92 Å². The first-order chi connectivity index (χ1) is 12.6. The predicted molar refractivity (Wildman–Crippen MR) is 94.7 cm³/mol. The van der Waals surface area contributed by atoms with Gasteiger partial charge in [-0.25, -0.2) is 8.78 Å². The van der Waals surface area contributed by atoms with Crippen molar-refractivity contribution in [1.82, 2.24) is 0 Å².